The number of halogens is 1. The summed E-state index contributed by atoms with van der Waals surface area (Å²) in [4.78, 5) is 4.40. The van der Waals surface area contributed by atoms with Crippen LogP contribution in [-0.2, 0) is 0 Å². The number of rotatable bonds is 1. The minimum Gasteiger partial charge on any atom is -0.256 e. The highest BCUT2D eigenvalue weighted by Gasteiger charge is 2.00. The van der Waals surface area contributed by atoms with Crippen LogP contribution in [0.3, 0.4) is 0 Å². The van der Waals surface area contributed by atoms with E-state index in [9.17, 15) is 0 Å². The van der Waals surface area contributed by atoms with Crippen molar-refractivity contribution in [3.05, 3.63) is 51.7 Å². The largest absolute Gasteiger partial charge is 0.256 e. The molecular formula is C12H10IN. The Labute approximate surface area is 97.3 Å². The first-order valence-electron chi connectivity index (χ1n) is 4.45. The zero-order chi connectivity index (χ0) is 9.97. The summed E-state index contributed by atoms with van der Waals surface area (Å²) in [5.41, 5.74) is 3.44. The third-order valence-corrected chi connectivity index (χ3v) is 3.27. The Kier molecular flexibility index (Phi) is 2.82. The molecule has 0 unspecified atom stereocenters. The molecule has 0 aliphatic rings. The summed E-state index contributed by atoms with van der Waals surface area (Å²) in [5.74, 6) is 0. The molecule has 1 aromatic heterocycles. The van der Waals surface area contributed by atoms with E-state index in [0.717, 1.165) is 5.69 Å². The summed E-state index contributed by atoms with van der Waals surface area (Å²) in [6.07, 6.45) is 1.92. The molecule has 0 radical (unpaired) electrons. The lowest BCUT2D eigenvalue weighted by molar-refractivity contribution is 1.25. The van der Waals surface area contributed by atoms with Gasteiger partial charge in [-0.15, -0.1) is 0 Å². The predicted molar refractivity (Wildman–Crippen MR) is 67.1 cm³/mol. The molecular weight excluding hydrogens is 285 g/mol. The van der Waals surface area contributed by atoms with Crippen LogP contribution in [0.1, 0.15) is 5.56 Å². The first-order chi connectivity index (χ1) is 6.77. The van der Waals surface area contributed by atoms with Crippen LogP contribution in [0.2, 0.25) is 0 Å². The van der Waals surface area contributed by atoms with Crippen LogP contribution >= 0.6 is 22.6 Å². The molecule has 1 aromatic carbocycles. The molecule has 0 atom stereocenters. The van der Waals surface area contributed by atoms with Crippen LogP contribution in [-0.4, -0.2) is 4.98 Å². The Morgan fingerprint density at radius 3 is 2.50 bits per heavy atom. The molecule has 0 spiro atoms. The van der Waals surface area contributed by atoms with E-state index in [-0.39, 0.29) is 0 Å². The molecule has 1 nitrogen and oxygen atoms in total. The van der Waals surface area contributed by atoms with E-state index in [1.165, 1.54) is 14.7 Å². The van der Waals surface area contributed by atoms with Gasteiger partial charge in [0.25, 0.3) is 0 Å². The fourth-order valence-corrected chi connectivity index (χ4v) is 1.70. The van der Waals surface area contributed by atoms with E-state index in [4.69, 9.17) is 0 Å². The zero-order valence-corrected chi connectivity index (χ0v) is 10.0. The molecule has 1 heterocycles. The minimum absolute atomic E-state index is 1.04. The van der Waals surface area contributed by atoms with Gasteiger partial charge in [0.1, 0.15) is 0 Å². The van der Waals surface area contributed by atoms with E-state index >= 15 is 0 Å². The number of aromatic nitrogens is 1. The molecule has 14 heavy (non-hydrogen) atoms. The van der Waals surface area contributed by atoms with Gasteiger partial charge in [0.05, 0.1) is 5.69 Å². The molecule has 2 heteroatoms. The van der Waals surface area contributed by atoms with Crippen molar-refractivity contribution in [3.63, 3.8) is 0 Å². The Hall–Kier alpha value is -0.900. The SMILES string of the molecule is Cc1cnc(-c2ccccc2)cc1I. The van der Waals surface area contributed by atoms with Crippen LogP contribution in [0.5, 0.6) is 0 Å². The topological polar surface area (TPSA) is 12.9 Å². The molecule has 0 N–H and O–H groups in total. The van der Waals surface area contributed by atoms with Crippen molar-refractivity contribution in [2.75, 3.05) is 0 Å². The van der Waals surface area contributed by atoms with Crippen molar-refractivity contribution in [3.8, 4) is 11.3 Å². The third kappa shape index (κ3) is 1.95. The normalized spacial score (nSPS) is 10.1. The smallest absolute Gasteiger partial charge is 0.0712 e. The van der Waals surface area contributed by atoms with Gasteiger partial charge in [-0.2, -0.15) is 0 Å². The molecule has 0 aliphatic carbocycles. The second kappa shape index (κ2) is 4.09. The number of pyridine rings is 1. The number of benzene rings is 1. The van der Waals surface area contributed by atoms with Crippen molar-refractivity contribution in [1.29, 1.82) is 0 Å². The Morgan fingerprint density at radius 1 is 1.14 bits per heavy atom. The molecule has 0 amide bonds. The van der Waals surface area contributed by atoms with Crippen LogP contribution < -0.4 is 0 Å². The molecule has 0 saturated carbocycles. The quantitative estimate of drug-likeness (QED) is 0.732. The van der Waals surface area contributed by atoms with Gasteiger partial charge < -0.3 is 0 Å². The third-order valence-electron chi connectivity index (χ3n) is 2.11. The van der Waals surface area contributed by atoms with Gasteiger partial charge in [0.15, 0.2) is 0 Å². The van der Waals surface area contributed by atoms with Crippen molar-refractivity contribution >= 4 is 22.6 Å². The molecule has 2 rings (SSSR count). The van der Waals surface area contributed by atoms with Crippen molar-refractivity contribution in [2.45, 2.75) is 6.92 Å². The van der Waals surface area contributed by atoms with Gasteiger partial charge in [0.2, 0.25) is 0 Å². The van der Waals surface area contributed by atoms with E-state index < -0.39 is 0 Å². The van der Waals surface area contributed by atoms with Gasteiger partial charge in [-0.1, -0.05) is 30.3 Å². The van der Waals surface area contributed by atoms with E-state index in [0.29, 0.717) is 0 Å². The second-order valence-electron chi connectivity index (χ2n) is 3.18. The minimum atomic E-state index is 1.04. The van der Waals surface area contributed by atoms with Gasteiger partial charge in [-0.25, -0.2) is 0 Å². The standard InChI is InChI=1S/C12H10IN/c1-9-8-14-12(7-11(9)13)10-5-3-2-4-6-10/h2-8H,1H3. The number of nitrogens with zero attached hydrogens (tertiary/aromatic N) is 1. The van der Waals surface area contributed by atoms with Crippen LogP contribution in [0.4, 0.5) is 0 Å². The van der Waals surface area contributed by atoms with Crippen molar-refractivity contribution in [1.82, 2.24) is 4.98 Å². The monoisotopic (exact) mass is 295 g/mol. The lowest BCUT2D eigenvalue weighted by atomic mass is 10.1. The van der Waals surface area contributed by atoms with Crippen molar-refractivity contribution in [2.24, 2.45) is 0 Å². The average Bonchev–Trinajstić information content (AvgIpc) is 2.23. The van der Waals surface area contributed by atoms with Crippen LogP contribution in [0, 0.1) is 10.5 Å². The Balaban J connectivity index is 2.48. The average molecular weight is 295 g/mol. The molecule has 0 aliphatic heterocycles. The zero-order valence-electron chi connectivity index (χ0n) is 7.87. The van der Waals surface area contributed by atoms with Crippen molar-refractivity contribution < 1.29 is 0 Å². The summed E-state index contributed by atoms with van der Waals surface area (Å²) in [6.45, 7) is 2.07. The Morgan fingerprint density at radius 2 is 1.86 bits per heavy atom. The summed E-state index contributed by atoms with van der Waals surface area (Å²) >= 11 is 2.34. The van der Waals surface area contributed by atoms with Gasteiger partial charge in [0, 0.05) is 15.3 Å². The van der Waals surface area contributed by atoms with Gasteiger partial charge in [-0.05, 0) is 41.1 Å². The molecule has 0 bridgehead atoms. The second-order valence-corrected chi connectivity index (χ2v) is 4.35. The summed E-state index contributed by atoms with van der Waals surface area (Å²) < 4.78 is 1.26. The number of hydrogen-bond acceptors (Lipinski definition) is 1. The number of aryl methyl sites for hydroxylation is 1. The lowest BCUT2D eigenvalue weighted by Gasteiger charge is -2.02. The molecule has 2 aromatic rings. The van der Waals surface area contributed by atoms with E-state index in [1.54, 1.807) is 0 Å². The maximum atomic E-state index is 4.40. The predicted octanol–water partition coefficient (Wildman–Crippen LogP) is 3.66. The van der Waals surface area contributed by atoms with Gasteiger partial charge >= 0.3 is 0 Å². The maximum absolute atomic E-state index is 4.40. The van der Waals surface area contributed by atoms with Gasteiger partial charge in [-0.3, -0.25) is 4.98 Å². The summed E-state index contributed by atoms with van der Waals surface area (Å²) in [6, 6.07) is 12.4. The maximum Gasteiger partial charge on any atom is 0.0712 e. The fraction of sp³-hybridized carbons (Fsp3) is 0.0833. The fourth-order valence-electron chi connectivity index (χ4n) is 1.27. The van der Waals surface area contributed by atoms with Crippen LogP contribution in [0.25, 0.3) is 11.3 Å². The highest BCUT2D eigenvalue weighted by molar-refractivity contribution is 14.1. The van der Waals surface area contributed by atoms with Crippen LogP contribution in [0.15, 0.2) is 42.6 Å². The summed E-state index contributed by atoms with van der Waals surface area (Å²) in [7, 11) is 0. The first-order valence-corrected chi connectivity index (χ1v) is 5.53. The molecule has 0 saturated heterocycles. The summed E-state index contributed by atoms with van der Waals surface area (Å²) in [5, 5.41) is 0. The van der Waals surface area contributed by atoms with E-state index in [2.05, 4.69) is 52.7 Å². The highest BCUT2D eigenvalue weighted by atomic mass is 127. The molecule has 70 valence electrons. The first kappa shape index (κ1) is 9.65. The van der Waals surface area contributed by atoms with E-state index in [1.807, 2.05) is 24.4 Å². The molecule has 0 fully saturated rings. The number of hydrogen-bond donors (Lipinski definition) is 0. The Bertz CT molecular complexity index is 437. The highest BCUT2D eigenvalue weighted by Crippen LogP contribution is 2.20. The lowest BCUT2D eigenvalue weighted by Crippen LogP contribution is -1.87.